The van der Waals surface area contributed by atoms with Gasteiger partial charge in [-0.1, -0.05) is 36.2 Å². The van der Waals surface area contributed by atoms with E-state index in [1.54, 1.807) is 6.07 Å². The summed E-state index contributed by atoms with van der Waals surface area (Å²) in [7, 11) is 0. The fraction of sp³-hybridized carbons (Fsp3) is 0.250. The lowest BCUT2D eigenvalue weighted by Gasteiger charge is -2.12. The molecule has 0 fully saturated rings. The standard InChI is InChI=1S/C16H17Cl2NO/c1-3-10-7-11(5-6-15(10)19)12-8-14(18)16(20-4-2)9-13(12)17/h5-9H,3-4,19H2,1-2H3. The van der Waals surface area contributed by atoms with E-state index in [1.807, 2.05) is 31.2 Å². The van der Waals surface area contributed by atoms with Gasteiger partial charge in [-0.25, -0.2) is 0 Å². The van der Waals surface area contributed by atoms with Crippen LogP contribution < -0.4 is 10.5 Å². The summed E-state index contributed by atoms with van der Waals surface area (Å²) in [5, 5.41) is 1.17. The van der Waals surface area contributed by atoms with Crippen LogP contribution >= 0.6 is 23.2 Å². The number of nitrogen functional groups attached to an aromatic ring is 1. The zero-order valence-corrected chi connectivity index (χ0v) is 13.1. The lowest BCUT2D eigenvalue weighted by molar-refractivity contribution is 0.340. The average molecular weight is 310 g/mol. The second-order valence-corrected chi connectivity index (χ2v) is 5.28. The molecule has 2 nitrogen and oxygen atoms in total. The van der Waals surface area contributed by atoms with Crippen LogP contribution in [0.25, 0.3) is 11.1 Å². The minimum Gasteiger partial charge on any atom is -0.492 e. The molecule has 2 N–H and O–H groups in total. The molecule has 0 aromatic heterocycles. The van der Waals surface area contributed by atoms with Crippen molar-refractivity contribution >= 4 is 28.9 Å². The number of anilines is 1. The van der Waals surface area contributed by atoms with Crippen molar-refractivity contribution in [3.8, 4) is 16.9 Å². The van der Waals surface area contributed by atoms with E-state index in [0.717, 1.165) is 28.8 Å². The molecule has 0 atom stereocenters. The summed E-state index contributed by atoms with van der Waals surface area (Å²) in [4.78, 5) is 0. The first kappa shape index (κ1) is 15.0. The molecule has 0 bridgehead atoms. The Labute approximate surface area is 129 Å². The largest absolute Gasteiger partial charge is 0.492 e. The summed E-state index contributed by atoms with van der Waals surface area (Å²) in [6, 6.07) is 9.49. The van der Waals surface area contributed by atoms with Crippen LogP contribution in [0.3, 0.4) is 0 Å². The topological polar surface area (TPSA) is 35.2 Å². The van der Waals surface area contributed by atoms with E-state index in [9.17, 15) is 0 Å². The number of ether oxygens (including phenoxy) is 1. The van der Waals surface area contributed by atoms with Gasteiger partial charge in [0.1, 0.15) is 5.75 Å². The summed E-state index contributed by atoms with van der Waals surface area (Å²) in [5.41, 5.74) is 9.72. The van der Waals surface area contributed by atoms with Gasteiger partial charge in [-0.15, -0.1) is 0 Å². The normalized spacial score (nSPS) is 10.6. The van der Waals surface area contributed by atoms with Crippen molar-refractivity contribution in [1.29, 1.82) is 0 Å². The first-order chi connectivity index (χ1) is 9.56. The van der Waals surface area contributed by atoms with Crippen LogP contribution in [-0.4, -0.2) is 6.61 Å². The maximum Gasteiger partial charge on any atom is 0.139 e. The summed E-state index contributed by atoms with van der Waals surface area (Å²) in [6.07, 6.45) is 0.877. The highest BCUT2D eigenvalue weighted by molar-refractivity contribution is 6.36. The fourth-order valence-electron chi connectivity index (χ4n) is 2.10. The Morgan fingerprint density at radius 1 is 1.05 bits per heavy atom. The molecule has 0 saturated carbocycles. The third-order valence-electron chi connectivity index (χ3n) is 3.16. The van der Waals surface area contributed by atoms with E-state index in [4.69, 9.17) is 33.7 Å². The summed E-state index contributed by atoms with van der Waals surface area (Å²) in [6.45, 7) is 4.53. The number of aryl methyl sites for hydroxylation is 1. The van der Waals surface area contributed by atoms with Gasteiger partial charge >= 0.3 is 0 Å². The summed E-state index contributed by atoms with van der Waals surface area (Å²) < 4.78 is 5.44. The average Bonchev–Trinajstić information content (AvgIpc) is 2.43. The number of rotatable bonds is 4. The number of hydrogen-bond donors (Lipinski definition) is 1. The van der Waals surface area contributed by atoms with Gasteiger partial charge in [0.25, 0.3) is 0 Å². The van der Waals surface area contributed by atoms with E-state index < -0.39 is 0 Å². The Morgan fingerprint density at radius 3 is 2.45 bits per heavy atom. The first-order valence-electron chi connectivity index (χ1n) is 6.57. The Hall–Kier alpha value is -1.38. The molecule has 0 aliphatic carbocycles. The zero-order chi connectivity index (χ0) is 14.7. The van der Waals surface area contributed by atoms with Crippen molar-refractivity contribution in [2.24, 2.45) is 0 Å². The third-order valence-corrected chi connectivity index (χ3v) is 3.76. The number of benzene rings is 2. The minimum absolute atomic E-state index is 0.553. The predicted octanol–water partition coefficient (Wildman–Crippen LogP) is 5.20. The molecule has 4 heteroatoms. The number of hydrogen-bond acceptors (Lipinski definition) is 2. The molecule has 0 radical (unpaired) electrons. The molecule has 0 aliphatic heterocycles. The van der Waals surface area contributed by atoms with Gasteiger partial charge in [0.05, 0.1) is 16.7 Å². The van der Waals surface area contributed by atoms with Gasteiger partial charge < -0.3 is 10.5 Å². The van der Waals surface area contributed by atoms with Crippen LogP contribution in [0.4, 0.5) is 5.69 Å². The quantitative estimate of drug-likeness (QED) is 0.787. The Balaban J connectivity index is 2.50. The maximum atomic E-state index is 6.34. The summed E-state index contributed by atoms with van der Waals surface area (Å²) >= 11 is 12.6. The van der Waals surface area contributed by atoms with Gasteiger partial charge in [0, 0.05) is 17.3 Å². The van der Waals surface area contributed by atoms with Crippen LogP contribution in [0.5, 0.6) is 5.75 Å². The highest BCUT2D eigenvalue weighted by Gasteiger charge is 2.11. The molecule has 2 aromatic rings. The van der Waals surface area contributed by atoms with E-state index >= 15 is 0 Å². The fourth-order valence-corrected chi connectivity index (χ4v) is 2.58. The smallest absolute Gasteiger partial charge is 0.139 e. The Bertz CT molecular complexity index is 626. The van der Waals surface area contributed by atoms with E-state index in [0.29, 0.717) is 22.4 Å². The maximum absolute atomic E-state index is 6.34. The third kappa shape index (κ3) is 3.02. The Kier molecular flexibility index (Phi) is 4.79. The van der Waals surface area contributed by atoms with Crippen molar-refractivity contribution in [3.05, 3.63) is 45.9 Å². The monoisotopic (exact) mass is 309 g/mol. The summed E-state index contributed by atoms with van der Waals surface area (Å²) in [5.74, 6) is 0.606. The van der Waals surface area contributed by atoms with E-state index in [-0.39, 0.29) is 0 Å². The molecule has 0 unspecified atom stereocenters. The van der Waals surface area contributed by atoms with Crippen molar-refractivity contribution in [2.75, 3.05) is 12.3 Å². The van der Waals surface area contributed by atoms with Crippen LogP contribution in [0.2, 0.25) is 10.0 Å². The molecule has 0 heterocycles. The lowest BCUT2D eigenvalue weighted by atomic mass is 10.0. The second-order valence-electron chi connectivity index (χ2n) is 4.46. The minimum atomic E-state index is 0.553. The number of halogens is 2. The highest BCUT2D eigenvalue weighted by atomic mass is 35.5. The van der Waals surface area contributed by atoms with Crippen molar-refractivity contribution in [1.82, 2.24) is 0 Å². The van der Waals surface area contributed by atoms with Crippen LogP contribution in [0, 0.1) is 0 Å². The Morgan fingerprint density at radius 2 is 1.80 bits per heavy atom. The van der Waals surface area contributed by atoms with Crippen LogP contribution in [-0.2, 0) is 6.42 Å². The molecule has 2 rings (SSSR count). The molecule has 2 aromatic carbocycles. The molecule has 0 amide bonds. The molecule has 20 heavy (non-hydrogen) atoms. The van der Waals surface area contributed by atoms with Crippen LogP contribution in [0.15, 0.2) is 30.3 Å². The second kappa shape index (κ2) is 6.38. The van der Waals surface area contributed by atoms with Gasteiger partial charge in [0.2, 0.25) is 0 Å². The van der Waals surface area contributed by atoms with Crippen molar-refractivity contribution < 1.29 is 4.74 Å². The zero-order valence-electron chi connectivity index (χ0n) is 11.5. The van der Waals surface area contributed by atoms with E-state index in [1.165, 1.54) is 0 Å². The first-order valence-corrected chi connectivity index (χ1v) is 7.33. The van der Waals surface area contributed by atoms with Gasteiger partial charge in [-0.05, 0) is 42.7 Å². The van der Waals surface area contributed by atoms with E-state index in [2.05, 4.69) is 6.92 Å². The molecular formula is C16H17Cl2NO. The molecule has 0 saturated heterocycles. The van der Waals surface area contributed by atoms with Crippen LogP contribution in [0.1, 0.15) is 19.4 Å². The van der Waals surface area contributed by atoms with Gasteiger partial charge in [0.15, 0.2) is 0 Å². The molecule has 0 spiro atoms. The number of nitrogens with two attached hydrogens (primary N) is 1. The SMILES string of the molecule is CCOc1cc(Cl)c(-c2ccc(N)c(CC)c2)cc1Cl. The van der Waals surface area contributed by atoms with Gasteiger partial charge in [-0.3, -0.25) is 0 Å². The molecule has 106 valence electrons. The molecule has 0 aliphatic rings. The highest BCUT2D eigenvalue weighted by Crippen LogP contribution is 2.37. The van der Waals surface area contributed by atoms with Crippen molar-refractivity contribution in [3.63, 3.8) is 0 Å². The van der Waals surface area contributed by atoms with Gasteiger partial charge in [-0.2, -0.15) is 0 Å². The van der Waals surface area contributed by atoms with Crippen molar-refractivity contribution in [2.45, 2.75) is 20.3 Å². The lowest BCUT2D eigenvalue weighted by Crippen LogP contribution is -1.95. The predicted molar refractivity (Wildman–Crippen MR) is 86.9 cm³/mol. The molecular weight excluding hydrogens is 293 g/mol.